The maximum atomic E-state index is 12.2. The lowest BCUT2D eigenvalue weighted by Crippen LogP contribution is -2.48. The van der Waals surface area contributed by atoms with Gasteiger partial charge in [-0.2, -0.15) is 12.7 Å². The molecular weight excluding hydrogens is 314 g/mol. The molecule has 2 aliphatic heterocycles. The topological polar surface area (TPSA) is 61.9 Å². The Balaban J connectivity index is 1.43. The molecule has 0 bridgehead atoms. The zero-order valence-corrected chi connectivity index (χ0v) is 14.2. The van der Waals surface area contributed by atoms with Crippen molar-refractivity contribution >= 4 is 10.2 Å². The van der Waals surface area contributed by atoms with E-state index in [1.807, 2.05) is 6.07 Å². The highest BCUT2D eigenvalue weighted by molar-refractivity contribution is 7.87. The quantitative estimate of drug-likeness (QED) is 0.826. The Hall–Kier alpha value is -0.990. The molecular formula is C16H25N3O3S. The molecule has 0 unspecified atom stereocenters. The highest BCUT2D eigenvalue weighted by Gasteiger charge is 2.26. The average molecular weight is 339 g/mol. The summed E-state index contributed by atoms with van der Waals surface area (Å²) in [7, 11) is -3.36. The van der Waals surface area contributed by atoms with Crippen molar-refractivity contribution in [3.05, 3.63) is 35.9 Å². The monoisotopic (exact) mass is 339 g/mol. The Labute approximate surface area is 138 Å². The maximum Gasteiger partial charge on any atom is 0.279 e. The summed E-state index contributed by atoms with van der Waals surface area (Å²) in [5.74, 6) is 0.562. The van der Waals surface area contributed by atoms with Gasteiger partial charge in [-0.25, -0.2) is 4.72 Å². The van der Waals surface area contributed by atoms with Crippen LogP contribution in [0.15, 0.2) is 30.3 Å². The Morgan fingerprint density at radius 2 is 1.87 bits per heavy atom. The molecule has 0 aromatic heterocycles. The van der Waals surface area contributed by atoms with Crippen molar-refractivity contribution in [1.29, 1.82) is 0 Å². The van der Waals surface area contributed by atoms with Gasteiger partial charge in [-0.3, -0.25) is 0 Å². The van der Waals surface area contributed by atoms with E-state index in [4.69, 9.17) is 4.74 Å². The molecule has 1 atom stereocenters. The first-order valence-corrected chi connectivity index (χ1v) is 9.69. The number of ether oxygens (including phenoxy) is 1. The molecule has 0 radical (unpaired) electrons. The molecule has 7 heteroatoms. The molecule has 0 amide bonds. The van der Waals surface area contributed by atoms with Crippen molar-refractivity contribution in [3.8, 4) is 0 Å². The van der Waals surface area contributed by atoms with Crippen LogP contribution in [-0.2, 0) is 14.9 Å². The van der Waals surface area contributed by atoms with E-state index in [2.05, 4.69) is 33.9 Å². The fourth-order valence-corrected chi connectivity index (χ4v) is 4.41. The number of hydrogen-bond acceptors (Lipinski definition) is 4. The van der Waals surface area contributed by atoms with E-state index in [1.54, 1.807) is 0 Å². The molecule has 128 valence electrons. The summed E-state index contributed by atoms with van der Waals surface area (Å²) >= 11 is 0. The summed E-state index contributed by atoms with van der Waals surface area (Å²) in [6, 6.07) is 10.5. The van der Waals surface area contributed by atoms with Gasteiger partial charge in [0.25, 0.3) is 10.2 Å². The van der Waals surface area contributed by atoms with Crippen LogP contribution in [-0.4, -0.2) is 70.1 Å². The van der Waals surface area contributed by atoms with Crippen molar-refractivity contribution in [2.75, 3.05) is 52.5 Å². The van der Waals surface area contributed by atoms with Crippen molar-refractivity contribution in [1.82, 2.24) is 13.9 Å². The second kappa shape index (κ2) is 7.72. The molecule has 1 aromatic rings. The first-order chi connectivity index (χ1) is 11.1. The molecule has 2 heterocycles. The summed E-state index contributed by atoms with van der Waals surface area (Å²) in [5, 5.41) is 0. The molecule has 2 aliphatic rings. The van der Waals surface area contributed by atoms with Gasteiger partial charge in [-0.05, 0) is 24.4 Å². The third-order valence-corrected chi connectivity index (χ3v) is 6.18. The third kappa shape index (κ3) is 4.51. The number of benzene rings is 1. The van der Waals surface area contributed by atoms with E-state index in [9.17, 15) is 8.42 Å². The van der Waals surface area contributed by atoms with Crippen LogP contribution in [0.4, 0.5) is 0 Å². The summed E-state index contributed by atoms with van der Waals surface area (Å²) in [6.45, 7) is 5.08. The summed E-state index contributed by atoms with van der Waals surface area (Å²) in [6.07, 6.45) is 1.14. The van der Waals surface area contributed by atoms with Gasteiger partial charge in [0.15, 0.2) is 0 Å². The number of morpholine rings is 1. The standard InChI is InChI=1S/C16H25N3O3S/c20-23(21,19-10-12-22-13-11-19)17-7-9-18-8-6-16(14-18)15-4-2-1-3-5-15/h1-5,16-17H,6-14H2/t16-/m0/s1. The third-order valence-electron chi connectivity index (χ3n) is 4.57. The van der Waals surface area contributed by atoms with Crippen molar-refractivity contribution < 1.29 is 13.2 Å². The molecule has 0 spiro atoms. The Kier molecular flexibility index (Phi) is 5.66. The molecule has 2 fully saturated rings. The number of likely N-dealkylation sites (tertiary alicyclic amines) is 1. The lowest BCUT2D eigenvalue weighted by atomic mass is 9.99. The largest absolute Gasteiger partial charge is 0.379 e. The zero-order chi connectivity index (χ0) is 16.1. The van der Waals surface area contributed by atoms with Crippen LogP contribution in [0, 0.1) is 0 Å². The van der Waals surface area contributed by atoms with Gasteiger partial charge in [0.1, 0.15) is 0 Å². The molecule has 0 saturated carbocycles. The molecule has 1 aromatic carbocycles. The average Bonchev–Trinajstić information content (AvgIpc) is 3.05. The fourth-order valence-electron chi connectivity index (χ4n) is 3.24. The van der Waals surface area contributed by atoms with Crippen LogP contribution in [0.25, 0.3) is 0 Å². The van der Waals surface area contributed by atoms with Crippen molar-refractivity contribution in [3.63, 3.8) is 0 Å². The Morgan fingerprint density at radius 1 is 1.13 bits per heavy atom. The minimum Gasteiger partial charge on any atom is -0.379 e. The molecule has 3 rings (SSSR count). The lowest BCUT2D eigenvalue weighted by Gasteiger charge is -2.26. The molecule has 6 nitrogen and oxygen atoms in total. The first-order valence-electron chi connectivity index (χ1n) is 8.25. The van der Waals surface area contributed by atoms with E-state index in [1.165, 1.54) is 9.87 Å². The lowest BCUT2D eigenvalue weighted by molar-refractivity contribution is 0.0724. The molecule has 1 N–H and O–H groups in total. The van der Waals surface area contributed by atoms with Crippen LogP contribution in [0.5, 0.6) is 0 Å². The normalized spacial score (nSPS) is 24.1. The van der Waals surface area contributed by atoms with Crippen LogP contribution in [0.3, 0.4) is 0 Å². The fraction of sp³-hybridized carbons (Fsp3) is 0.625. The number of nitrogens with zero attached hydrogens (tertiary/aromatic N) is 2. The Bertz CT molecular complexity index is 588. The van der Waals surface area contributed by atoms with Crippen LogP contribution in [0.1, 0.15) is 17.9 Å². The van der Waals surface area contributed by atoms with Crippen molar-refractivity contribution in [2.45, 2.75) is 12.3 Å². The van der Waals surface area contributed by atoms with Gasteiger partial charge in [0.05, 0.1) is 13.2 Å². The van der Waals surface area contributed by atoms with Crippen molar-refractivity contribution in [2.24, 2.45) is 0 Å². The predicted octanol–water partition coefficient (Wildman–Crippen LogP) is 0.642. The highest BCUT2D eigenvalue weighted by Crippen LogP contribution is 2.26. The number of nitrogens with one attached hydrogen (secondary N) is 1. The zero-order valence-electron chi connectivity index (χ0n) is 13.4. The minimum absolute atomic E-state index is 0.440. The van der Waals surface area contributed by atoms with Crippen LogP contribution < -0.4 is 4.72 Å². The maximum absolute atomic E-state index is 12.2. The summed E-state index contributed by atoms with van der Waals surface area (Å²) < 4.78 is 33.7. The van der Waals surface area contributed by atoms with Gasteiger partial charge in [0, 0.05) is 32.7 Å². The minimum atomic E-state index is -3.36. The summed E-state index contributed by atoms with van der Waals surface area (Å²) in [4.78, 5) is 2.33. The highest BCUT2D eigenvalue weighted by atomic mass is 32.2. The van der Waals surface area contributed by atoms with E-state index in [0.717, 1.165) is 26.1 Å². The van der Waals surface area contributed by atoms with E-state index in [0.29, 0.717) is 38.8 Å². The second-order valence-corrected chi connectivity index (χ2v) is 7.86. The van der Waals surface area contributed by atoms with Gasteiger partial charge < -0.3 is 9.64 Å². The van der Waals surface area contributed by atoms with Gasteiger partial charge >= 0.3 is 0 Å². The molecule has 2 saturated heterocycles. The summed E-state index contributed by atoms with van der Waals surface area (Å²) in [5.41, 5.74) is 1.38. The van der Waals surface area contributed by atoms with Gasteiger partial charge in [0.2, 0.25) is 0 Å². The van der Waals surface area contributed by atoms with E-state index >= 15 is 0 Å². The number of rotatable bonds is 6. The molecule has 23 heavy (non-hydrogen) atoms. The Morgan fingerprint density at radius 3 is 2.61 bits per heavy atom. The number of hydrogen-bond donors (Lipinski definition) is 1. The second-order valence-electron chi connectivity index (χ2n) is 6.11. The van der Waals surface area contributed by atoms with Gasteiger partial charge in [-0.1, -0.05) is 30.3 Å². The van der Waals surface area contributed by atoms with Crippen LogP contribution in [0.2, 0.25) is 0 Å². The molecule has 0 aliphatic carbocycles. The smallest absolute Gasteiger partial charge is 0.279 e. The van der Waals surface area contributed by atoms with Crippen LogP contribution >= 0.6 is 0 Å². The van der Waals surface area contributed by atoms with Gasteiger partial charge in [-0.15, -0.1) is 0 Å². The predicted molar refractivity (Wildman–Crippen MR) is 89.6 cm³/mol. The first kappa shape index (κ1) is 16.9. The van der Waals surface area contributed by atoms with E-state index in [-0.39, 0.29) is 0 Å². The van der Waals surface area contributed by atoms with E-state index < -0.39 is 10.2 Å². The SMILES string of the molecule is O=S(=O)(NCCN1CC[C@H](c2ccccc2)C1)N1CCOCC1.